The van der Waals surface area contributed by atoms with Gasteiger partial charge in [-0.25, -0.2) is 0 Å². The molecule has 16 heavy (non-hydrogen) atoms. The van der Waals surface area contributed by atoms with E-state index in [0.29, 0.717) is 12.0 Å². The monoisotopic (exact) mass is 220 g/mol. The van der Waals surface area contributed by atoms with Crippen molar-refractivity contribution in [1.29, 1.82) is 0 Å². The highest BCUT2D eigenvalue weighted by molar-refractivity contribution is 5.20. The smallest absolute Gasteiger partial charge is 0.0455 e. The van der Waals surface area contributed by atoms with E-state index < -0.39 is 0 Å². The third-order valence-electron chi connectivity index (χ3n) is 3.24. The molecule has 0 aliphatic heterocycles. The lowest BCUT2D eigenvalue weighted by molar-refractivity contribution is 0.170. The van der Waals surface area contributed by atoms with Crippen molar-refractivity contribution in [2.45, 2.75) is 32.9 Å². The van der Waals surface area contributed by atoms with Gasteiger partial charge in [-0.1, -0.05) is 51.1 Å². The van der Waals surface area contributed by atoms with Gasteiger partial charge in [-0.15, -0.1) is 0 Å². The molecule has 0 aromatic heterocycles. The largest absolute Gasteiger partial charge is 0.323 e. The molecule has 2 unspecified atom stereocenters. The summed E-state index contributed by atoms with van der Waals surface area (Å²) >= 11 is 0. The molecule has 0 amide bonds. The van der Waals surface area contributed by atoms with E-state index in [0.717, 1.165) is 6.54 Å². The molecule has 0 saturated heterocycles. The molecule has 1 rings (SSSR count). The summed E-state index contributed by atoms with van der Waals surface area (Å²) in [4.78, 5) is 2.34. The quantitative estimate of drug-likeness (QED) is 0.826. The van der Waals surface area contributed by atoms with E-state index in [-0.39, 0.29) is 6.04 Å². The van der Waals surface area contributed by atoms with Gasteiger partial charge in [0.15, 0.2) is 0 Å². The van der Waals surface area contributed by atoms with Crippen LogP contribution in [-0.4, -0.2) is 24.5 Å². The number of hydrogen-bond donors (Lipinski definition) is 1. The van der Waals surface area contributed by atoms with Gasteiger partial charge in [0.2, 0.25) is 0 Å². The first kappa shape index (κ1) is 13.2. The molecule has 90 valence electrons. The molecule has 0 saturated carbocycles. The minimum atomic E-state index is 0.0890. The molecule has 2 heteroatoms. The summed E-state index contributed by atoms with van der Waals surface area (Å²) in [5.74, 6) is 0.556. The third-order valence-corrected chi connectivity index (χ3v) is 3.24. The van der Waals surface area contributed by atoms with Crippen LogP contribution < -0.4 is 5.73 Å². The summed E-state index contributed by atoms with van der Waals surface area (Å²) in [6.07, 6.45) is 0. The Bertz CT molecular complexity index is 295. The van der Waals surface area contributed by atoms with Gasteiger partial charge in [0.1, 0.15) is 0 Å². The maximum Gasteiger partial charge on any atom is 0.0455 e. The zero-order chi connectivity index (χ0) is 12.1. The Balaban J connectivity index is 2.87. The molecular formula is C14H24N2. The molecule has 0 bridgehead atoms. The van der Waals surface area contributed by atoms with Crippen molar-refractivity contribution >= 4 is 0 Å². The lowest BCUT2D eigenvalue weighted by Crippen LogP contribution is -2.43. The van der Waals surface area contributed by atoms with Crippen molar-refractivity contribution in [2.75, 3.05) is 13.6 Å². The lowest BCUT2D eigenvalue weighted by atomic mass is 9.90. The summed E-state index contributed by atoms with van der Waals surface area (Å²) < 4.78 is 0. The molecule has 0 aliphatic carbocycles. The molecule has 1 aromatic rings. The van der Waals surface area contributed by atoms with Crippen LogP contribution in [0.5, 0.6) is 0 Å². The highest BCUT2D eigenvalue weighted by atomic mass is 15.1. The first-order valence-electron chi connectivity index (χ1n) is 6.08. The van der Waals surface area contributed by atoms with E-state index in [2.05, 4.69) is 57.0 Å². The first-order valence-corrected chi connectivity index (χ1v) is 6.08. The van der Waals surface area contributed by atoms with Crippen LogP contribution in [-0.2, 0) is 0 Å². The van der Waals surface area contributed by atoms with Crippen LogP contribution in [0.2, 0.25) is 0 Å². The molecule has 0 aliphatic rings. The zero-order valence-corrected chi connectivity index (χ0v) is 10.9. The summed E-state index contributed by atoms with van der Waals surface area (Å²) in [6, 6.07) is 10.9. The highest BCUT2D eigenvalue weighted by Gasteiger charge is 2.25. The lowest BCUT2D eigenvalue weighted by Gasteiger charge is -2.35. The fourth-order valence-corrected chi connectivity index (χ4v) is 2.28. The van der Waals surface area contributed by atoms with Gasteiger partial charge in [-0.2, -0.15) is 0 Å². The summed E-state index contributed by atoms with van der Waals surface area (Å²) in [7, 11) is 2.15. The Labute approximate surface area is 99.5 Å². The second-order valence-electron chi connectivity index (χ2n) is 4.74. The minimum absolute atomic E-state index is 0.0890. The van der Waals surface area contributed by atoms with Crippen LogP contribution in [0.3, 0.4) is 0 Å². The predicted molar refractivity (Wildman–Crippen MR) is 70.3 cm³/mol. The molecule has 0 radical (unpaired) electrons. The van der Waals surface area contributed by atoms with Gasteiger partial charge in [0.25, 0.3) is 0 Å². The molecule has 0 heterocycles. The Morgan fingerprint density at radius 2 is 1.75 bits per heavy atom. The topological polar surface area (TPSA) is 29.3 Å². The van der Waals surface area contributed by atoms with Gasteiger partial charge in [-0.05, 0) is 25.1 Å². The number of nitrogens with two attached hydrogens (primary N) is 1. The van der Waals surface area contributed by atoms with Crippen molar-refractivity contribution < 1.29 is 0 Å². The number of nitrogens with zero attached hydrogens (tertiary/aromatic N) is 1. The maximum atomic E-state index is 6.38. The maximum absolute atomic E-state index is 6.38. The van der Waals surface area contributed by atoms with Crippen LogP contribution in [0.15, 0.2) is 30.3 Å². The van der Waals surface area contributed by atoms with Gasteiger partial charge in [0.05, 0.1) is 0 Å². The normalized spacial score (nSPS) is 15.4. The molecule has 0 fully saturated rings. The van der Waals surface area contributed by atoms with Crippen LogP contribution in [0.4, 0.5) is 0 Å². The van der Waals surface area contributed by atoms with Crippen LogP contribution in [0.25, 0.3) is 0 Å². The number of rotatable bonds is 5. The molecule has 2 atom stereocenters. The van der Waals surface area contributed by atoms with E-state index in [1.807, 2.05) is 6.07 Å². The minimum Gasteiger partial charge on any atom is -0.323 e. The highest BCUT2D eigenvalue weighted by Crippen LogP contribution is 2.23. The van der Waals surface area contributed by atoms with Crippen molar-refractivity contribution in [3.05, 3.63) is 35.9 Å². The molecule has 2 nitrogen and oxygen atoms in total. The van der Waals surface area contributed by atoms with Crippen LogP contribution in [0, 0.1) is 5.92 Å². The molecule has 2 N–H and O–H groups in total. The number of likely N-dealkylation sites (N-methyl/N-ethyl adjacent to an activating group) is 1. The fraction of sp³-hybridized carbons (Fsp3) is 0.571. The van der Waals surface area contributed by atoms with E-state index in [4.69, 9.17) is 5.73 Å². The Kier molecular flexibility index (Phi) is 4.97. The SMILES string of the molecule is CCN(C)C(C(C)C)C(N)c1ccccc1. The number of hydrogen-bond acceptors (Lipinski definition) is 2. The number of benzene rings is 1. The third kappa shape index (κ3) is 3.06. The van der Waals surface area contributed by atoms with Crippen molar-refractivity contribution in [2.24, 2.45) is 11.7 Å². The Morgan fingerprint density at radius 1 is 1.19 bits per heavy atom. The zero-order valence-electron chi connectivity index (χ0n) is 10.9. The van der Waals surface area contributed by atoms with Gasteiger partial charge in [0, 0.05) is 12.1 Å². The summed E-state index contributed by atoms with van der Waals surface area (Å²) in [5, 5.41) is 0. The fourth-order valence-electron chi connectivity index (χ4n) is 2.28. The van der Waals surface area contributed by atoms with Gasteiger partial charge >= 0.3 is 0 Å². The standard InChI is InChI=1S/C14H24N2/c1-5-16(4)14(11(2)3)13(15)12-9-7-6-8-10-12/h6-11,13-14H,5,15H2,1-4H3. The van der Waals surface area contributed by atoms with Crippen molar-refractivity contribution in [3.8, 4) is 0 Å². The average molecular weight is 220 g/mol. The molecular weight excluding hydrogens is 196 g/mol. The average Bonchev–Trinajstić information content (AvgIpc) is 2.29. The van der Waals surface area contributed by atoms with Gasteiger partial charge in [-0.3, -0.25) is 0 Å². The Morgan fingerprint density at radius 3 is 2.19 bits per heavy atom. The Hall–Kier alpha value is -0.860. The molecule has 1 aromatic carbocycles. The van der Waals surface area contributed by atoms with E-state index in [1.54, 1.807) is 0 Å². The van der Waals surface area contributed by atoms with Crippen molar-refractivity contribution in [3.63, 3.8) is 0 Å². The van der Waals surface area contributed by atoms with E-state index in [1.165, 1.54) is 5.56 Å². The van der Waals surface area contributed by atoms with Crippen LogP contribution in [0.1, 0.15) is 32.4 Å². The van der Waals surface area contributed by atoms with E-state index >= 15 is 0 Å². The first-order chi connectivity index (χ1) is 7.57. The van der Waals surface area contributed by atoms with Gasteiger partial charge < -0.3 is 10.6 Å². The van der Waals surface area contributed by atoms with E-state index in [9.17, 15) is 0 Å². The second-order valence-corrected chi connectivity index (χ2v) is 4.74. The summed E-state index contributed by atoms with van der Waals surface area (Å²) in [5.41, 5.74) is 7.60. The second kappa shape index (κ2) is 6.02. The summed E-state index contributed by atoms with van der Waals surface area (Å²) in [6.45, 7) is 7.68. The van der Waals surface area contributed by atoms with Crippen molar-refractivity contribution in [1.82, 2.24) is 4.90 Å². The predicted octanol–water partition coefficient (Wildman–Crippen LogP) is 2.66. The molecule has 0 spiro atoms. The van der Waals surface area contributed by atoms with Crippen LogP contribution >= 0.6 is 0 Å².